The van der Waals surface area contributed by atoms with Crippen LogP contribution < -0.4 is 0 Å². The highest BCUT2D eigenvalue weighted by Gasteiger charge is 2.60. The average Bonchev–Trinajstić information content (AvgIpc) is 3.04. The number of aliphatic hydroxyl groups is 1. The molecule has 5 atom stereocenters. The van der Waals surface area contributed by atoms with E-state index in [0.29, 0.717) is 5.92 Å². The van der Waals surface area contributed by atoms with Crippen molar-refractivity contribution in [3.63, 3.8) is 0 Å². The largest absolute Gasteiger partial charge is 0.389 e. The minimum atomic E-state index is -0.408. The second-order valence-corrected chi connectivity index (χ2v) is 7.78. The lowest BCUT2D eigenvalue weighted by atomic mass is 9.70. The SMILES string of the molecule is Cc1ccc(C)c(CC2(O)CC3CC2C2CCCC32)c1. The molecule has 0 aliphatic heterocycles. The quantitative estimate of drug-likeness (QED) is 0.860. The van der Waals surface area contributed by atoms with Crippen molar-refractivity contribution in [3.05, 3.63) is 34.9 Å². The van der Waals surface area contributed by atoms with Gasteiger partial charge in [-0.2, -0.15) is 0 Å². The summed E-state index contributed by atoms with van der Waals surface area (Å²) < 4.78 is 0. The summed E-state index contributed by atoms with van der Waals surface area (Å²) >= 11 is 0. The van der Waals surface area contributed by atoms with Crippen LogP contribution in [0.25, 0.3) is 0 Å². The molecule has 1 aromatic rings. The van der Waals surface area contributed by atoms with Crippen LogP contribution in [0.4, 0.5) is 0 Å². The highest BCUT2D eigenvalue weighted by molar-refractivity contribution is 5.32. The van der Waals surface area contributed by atoms with Gasteiger partial charge in [-0.05, 0) is 74.3 Å². The van der Waals surface area contributed by atoms with E-state index in [1.54, 1.807) is 0 Å². The number of hydrogen-bond acceptors (Lipinski definition) is 1. The van der Waals surface area contributed by atoms with Crippen molar-refractivity contribution in [1.29, 1.82) is 0 Å². The predicted molar refractivity (Wildman–Crippen MR) is 81.6 cm³/mol. The van der Waals surface area contributed by atoms with Gasteiger partial charge in [0.15, 0.2) is 0 Å². The molecule has 3 aliphatic rings. The van der Waals surface area contributed by atoms with Gasteiger partial charge in [0, 0.05) is 6.42 Å². The Balaban J connectivity index is 1.61. The molecule has 0 saturated heterocycles. The van der Waals surface area contributed by atoms with E-state index in [2.05, 4.69) is 32.0 Å². The lowest BCUT2D eigenvalue weighted by Crippen LogP contribution is -2.43. The molecule has 20 heavy (non-hydrogen) atoms. The minimum Gasteiger partial charge on any atom is -0.389 e. The van der Waals surface area contributed by atoms with Crippen LogP contribution in [0.15, 0.2) is 18.2 Å². The van der Waals surface area contributed by atoms with Gasteiger partial charge in [0.2, 0.25) is 0 Å². The second kappa shape index (κ2) is 4.34. The van der Waals surface area contributed by atoms with Gasteiger partial charge in [-0.25, -0.2) is 0 Å². The van der Waals surface area contributed by atoms with Crippen LogP contribution in [-0.4, -0.2) is 10.7 Å². The molecule has 0 aromatic heterocycles. The van der Waals surface area contributed by atoms with E-state index in [1.165, 1.54) is 42.4 Å². The molecule has 0 spiro atoms. The standard InChI is InChI=1S/C19H26O/c1-12-6-7-13(2)14(8-12)10-19(20)11-15-9-18(19)17-5-3-4-16(15)17/h6-8,15-18,20H,3-5,9-11H2,1-2H3. The van der Waals surface area contributed by atoms with Crippen LogP contribution >= 0.6 is 0 Å². The molecule has 5 unspecified atom stereocenters. The molecule has 4 rings (SSSR count). The normalized spacial score (nSPS) is 42.1. The van der Waals surface area contributed by atoms with E-state index in [1.807, 2.05) is 0 Å². The van der Waals surface area contributed by atoms with E-state index < -0.39 is 5.60 Å². The molecule has 0 amide bonds. The number of rotatable bonds is 2. The maximum Gasteiger partial charge on any atom is 0.0721 e. The Hall–Kier alpha value is -0.820. The van der Waals surface area contributed by atoms with Crippen LogP contribution in [0.1, 0.15) is 48.8 Å². The van der Waals surface area contributed by atoms with E-state index in [0.717, 1.165) is 30.6 Å². The van der Waals surface area contributed by atoms with Crippen molar-refractivity contribution < 1.29 is 5.11 Å². The van der Waals surface area contributed by atoms with E-state index in [9.17, 15) is 5.11 Å². The van der Waals surface area contributed by atoms with Crippen LogP contribution in [0.5, 0.6) is 0 Å². The lowest BCUT2D eigenvalue weighted by molar-refractivity contribution is -0.0451. The first-order chi connectivity index (χ1) is 9.57. The molecule has 3 aliphatic carbocycles. The number of fused-ring (bicyclic) bond motifs is 5. The third-order valence-corrected chi connectivity index (χ3v) is 6.61. The van der Waals surface area contributed by atoms with Crippen molar-refractivity contribution in [3.8, 4) is 0 Å². The zero-order valence-corrected chi connectivity index (χ0v) is 12.7. The smallest absolute Gasteiger partial charge is 0.0721 e. The Morgan fingerprint density at radius 3 is 2.85 bits per heavy atom. The van der Waals surface area contributed by atoms with Gasteiger partial charge in [-0.15, -0.1) is 0 Å². The molecule has 1 N–H and O–H groups in total. The topological polar surface area (TPSA) is 20.2 Å². The van der Waals surface area contributed by atoms with Crippen LogP contribution in [0, 0.1) is 37.5 Å². The molecular weight excluding hydrogens is 244 g/mol. The summed E-state index contributed by atoms with van der Waals surface area (Å²) in [6.45, 7) is 4.34. The molecule has 0 radical (unpaired) electrons. The summed E-state index contributed by atoms with van der Waals surface area (Å²) in [5.41, 5.74) is 3.62. The summed E-state index contributed by atoms with van der Waals surface area (Å²) in [6, 6.07) is 6.67. The molecule has 3 fully saturated rings. The van der Waals surface area contributed by atoms with Gasteiger partial charge in [0.25, 0.3) is 0 Å². The monoisotopic (exact) mass is 270 g/mol. The van der Waals surface area contributed by atoms with Crippen molar-refractivity contribution in [2.24, 2.45) is 23.7 Å². The Kier molecular flexibility index (Phi) is 2.79. The van der Waals surface area contributed by atoms with Crippen molar-refractivity contribution >= 4 is 0 Å². The summed E-state index contributed by atoms with van der Waals surface area (Å²) in [4.78, 5) is 0. The zero-order chi connectivity index (χ0) is 13.9. The molecule has 1 nitrogen and oxygen atoms in total. The molecule has 3 saturated carbocycles. The molecule has 2 bridgehead atoms. The molecular formula is C19H26O. The lowest BCUT2D eigenvalue weighted by Gasteiger charge is -2.39. The van der Waals surface area contributed by atoms with Crippen molar-refractivity contribution in [1.82, 2.24) is 0 Å². The number of benzene rings is 1. The first-order valence-corrected chi connectivity index (χ1v) is 8.35. The minimum absolute atomic E-state index is 0.408. The van der Waals surface area contributed by atoms with Crippen molar-refractivity contribution in [2.75, 3.05) is 0 Å². The van der Waals surface area contributed by atoms with Gasteiger partial charge < -0.3 is 5.11 Å². The Morgan fingerprint density at radius 2 is 2.00 bits per heavy atom. The second-order valence-electron chi connectivity index (χ2n) is 7.78. The van der Waals surface area contributed by atoms with Crippen LogP contribution in [-0.2, 0) is 6.42 Å². The zero-order valence-electron chi connectivity index (χ0n) is 12.7. The molecule has 108 valence electrons. The number of hydrogen-bond donors (Lipinski definition) is 1. The maximum absolute atomic E-state index is 11.3. The summed E-state index contributed by atoms with van der Waals surface area (Å²) in [7, 11) is 0. The third kappa shape index (κ3) is 1.79. The van der Waals surface area contributed by atoms with E-state index >= 15 is 0 Å². The fraction of sp³-hybridized carbons (Fsp3) is 0.684. The highest BCUT2D eigenvalue weighted by Crippen LogP contribution is 2.63. The average molecular weight is 270 g/mol. The van der Waals surface area contributed by atoms with Gasteiger partial charge in [-0.1, -0.05) is 30.2 Å². The van der Waals surface area contributed by atoms with Crippen LogP contribution in [0.2, 0.25) is 0 Å². The van der Waals surface area contributed by atoms with Gasteiger partial charge >= 0.3 is 0 Å². The Morgan fingerprint density at radius 1 is 1.20 bits per heavy atom. The molecule has 0 heterocycles. The first-order valence-electron chi connectivity index (χ1n) is 8.35. The van der Waals surface area contributed by atoms with E-state index in [4.69, 9.17) is 0 Å². The summed E-state index contributed by atoms with van der Waals surface area (Å²) in [6.07, 6.45) is 7.46. The highest BCUT2D eigenvalue weighted by atomic mass is 16.3. The predicted octanol–water partition coefficient (Wildman–Crippen LogP) is 4.03. The van der Waals surface area contributed by atoms with Crippen LogP contribution in [0.3, 0.4) is 0 Å². The summed E-state index contributed by atoms with van der Waals surface area (Å²) in [5.74, 6) is 3.20. The van der Waals surface area contributed by atoms with Gasteiger partial charge in [-0.3, -0.25) is 0 Å². The van der Waals surface area contributed by atoms with E-state index in [-0.39, 0.29) is 0 Å². The maximum atomic E-state index is 11.3. The van der Waals surface area contributed by atoms with Gasteiger partial charge in [0.05, 0.1) is 5.60 Å². The van der Waals surface area contributed by atoms with Crippen molar-refractivity contribution in [2.45, 2.75) is 58.0 Å². The third-order valence-electron chi connectivity index (χ3n) is 6.61. The van der Waals surface area contributed by atoms with Gasteiger partial charge in [0.1, 0.15) is 0 Å². The molecule has 1 aromatic carbocycles. The first kappa shape index (κ1) is 12.9. The Bertz CT molecular complexity index is 535. The molecule has 1 heteroatoms. The number of aryl methyl sites for hydroxylation is 2. The summed E-state index contributed by atoms with van der Waals surface area (Å²) in [5, 5.41) is 11.3. The Labute approximate surface area is 122 Å². The fourth-order valence-electron chi connectivity index (χ4n) is 5.76. The fourth-order valence-corrected chi connectivity index (χ4v) is 5.76.